The van der Waals surface area contributed by atoms with E-state index in [1.165, 1.54) is 179 Å². The molecule has 0 heterocycles. The summed E-state index contributed by atoms with van der Waals surface area (Å²) < 4.78 is 13.2. The van der Waals surface area contributed by atoms with Crippen LogP contribution in [-0.4, -0.2) is 37.2 Å². The molecule has 3 nitrogen and oxygen atoms in total. The zero-order valence-electron chi connectivity index (χ0n) is 32.7. The molecule has 47 heavy (non-hydrogen) atoms. The van der Waals surface area contributed by atoms with E-state index in [9.17, 15) is 0 Å². The Bertz CT molecular complexity index is 760. The van der Waals surface area contributed by atoms with E-state index in [1.54, 1.807) is 0 Å². The Balaban J connectivity index is 2.68. The average molecular weight is 658 g/mol. The number of unbranched alkanes of at least 4 members (excludes halogenated alkanes) is 22. The molecule has 0 bridgehead atoms. The molecule has 0 aromatic heterocycles. The normalized spacial score (nSPS) is 11.6. The first-order chi connectivity index (χ1) is 23.2. The molecule has 0 aliphatic carbocycles. The van der Waals surface area contributed by atoms with Crippen molar-refractivity contribution in [1.29, 1.82) is 0 Å². The summed E-state index contributed by atoms with van der Waals surface area (Å²) in [6.07, 6.45) is 38.2. The molecule has 0 fully saturated rings. The molecular weight excluding hydrogens is 574 g/mol. The summed E-state index contributed by atoms with van der Waals surface area (Å²) in [6.45, 7) is 15.2. The van der Waals surface area contributed by atoms with Crippen LogP contribution < -0.4 is 9.47 Å². The topological polar surface area (TPSA) is 21.7 Å². The third-order valence-corrected chi connectivity index (χ3v) is 10.1. The van der Waals surface area contributed by atoms with Crippen LogP contribution in [0.3, 0.4) is 0 Å². The van der Waals surface area contributed by atoms with Crippen LogP contribution in [0.2, 0.25) is 0 Å². The summed E-state index contributed by atoms with van der Waals surface area (Å²) in [5.41, 5.74) is 1.39. The second-order valence-corrected chi connectivity index (χ2v) is 14.5. The Morgan fingerprint density at radius 2 is 0.872 bits per heavy atom. The maximum Gasteiger partial charge on any atom is 0.123 e. The molecule has 1 aromatic carbocycles. The quantitative estimate of drug-likeness (QED) is 0.0670. The molecule has 0 aliphatic heterocycles. The maximum absolute atomic E-state index is 6.85. The number of nitrogens with zero attached hydrogens (tertiary/aromatic N) is 1. The van der Waals surface area contributed by atoms with Crippen molar-refractivity contribution >= 4 is 0 Å². The lowest BCUT2D eigenvalue weighted by atomic mass is 10.0. The van der Waals surface area contributed by atoms with E-state index >= 15 is 0 Å². The first kappa shape index (κ1) is 43.8. The van der Waals surface area contributed by atoms with Gasteiger partial charge in [-0.15, -0.1) is 0 Å². The number of hydrogen-bond donors (Lipinski definition) is 0. The lowest BCUT2D eigenvalue weighted by molar-refractivity contribution is 0.171. The summed E-state index contributed by atoms with van der Waals surface area (Å²) in [7, 11) is 0. The fourth-order valence-corrected chi connectivity index (χ4v) is 6.87. The van der Waals surface area contributed by atoms with Gasteiger partial charge in [0.1, 0.15) is 18.1 Å². The van der Waals surface area contributed by atoms with Crippen LogP contribution in [0, 0.1) is 0 Å². The molecule has 1 rings (SSSR count). The molecule has 0 atom stereocenters. The van der Waals surface area contributed by atoms with Gasteiger partial charge in [0.25, 0.3) is 0 Å². The van der Waals surface area contributed by atoms with Gasteiger partial charge in [-0.3, -0.25) is 0 Å². The monoisotopic (exact) mass is 658 g/mol. The lowest BCUT2D eigenvalue weighted by Gasteiger charge is -2.21. The number of rotatable bonds is 36. The summed E-state index contributed by atoms with van der Waals surface area (Å²) >= 11 is 0. The van der Waals surface area contributed by atoms with Crippen LogP contribution >= 0.6 is 0 Å². The number of aryl methyl sites for hydroxylation is 1. The van der Waals surface area contributed by atoms with Crippen molar-refractivity contribution in [3.05, 3.63) is 23.8 Å². The highest BCUT2D eigenvalue weighted by Crippen LogP contribution is 2.28. The second kappa shape index (κ2) is 33.3. The minimum atomic E-state index is 0.322. The van der Waals surface area contributed by atoms with E-state index in [1.807, 2.05) is 0 Å². The van der Waals surface area contributed by atoms with Gasteiger partial charge in [-0.2, -0.15) is 0 Å². The van der Waals surface area contributed by atoms with Gasteiger partial charge >= 0.3 is 0 Å². The highest BCUT2D eigenvalue weighted by Gasteiger charge is 2.13. The SMILES string of the molecule is CCCCCCCCCCCCCCCc1cc(OCCN(CC)CC)cc(OC(CCCCCCCC)CCCCCCCC)c1. The van der Waals surface area contributed by atoms with Gasteiger partial charge < -0.3 is 14.4 Å². The van der Waals surface area contributed by atoms with E-state index in [0.29, 0.717) is 6.10 Å². The molecule has 3 heteroatoms. The molecule has 1 aromatic rings. The molecule has 0 unspecified atom stereocenters. The third kappa shape index (κ3) is 26.3. The smallest absolute Gasteiger partial charge is 0.123 e. The largest absolute Gasteiger partial charge is 0.492 e. The fourth-order valence-electron chi connectivity index (χ4n) is 6.87. The van der Waals surface area contributed by atoms with Crippen molar-refractivity contribution in [3.8, 4) is 11.5 Å². The Morgan fingerprint density at radius 3 is 1.32 bits per heavy atom. The van der Waals surface area contributed by atoms with Crippen LogP contribution in [0.1, 0.15) is 214 Å². The average Bonchev–Trinajstić information content (AvgIpc) is 3.08. The van der Waals surface area contributed by atoms with Crippen molar-refractivity contribution in [2.24, 2.45) is 0 Å². The maximum atomic E-state index is 6.85. The summed E-state index contributed by atoms with van der Waals surface area (Å²) in [6, 6.07) is 6.82. The Kier molecular flexibility index (Phi) is 31.0. The molecule has 0 amide bonds. The van der Waals surface area contributed by atoms with Crippen molar-refractivity contribution in [2.45, 2.75) is 221 Å². The molecule has 0 saturated heterocycles. The van der Waals surface area contributed by atoms with Crippen LogP contribution in [0.25, 0.3) is 0 Å². The zero-order chi connectivity index (χ0) is 34.0. The third-order valence-electron chi connectivity index (χ3n) is 10.1. The molecule has 0 spiro atoms. The van der Waals surface area contributed by atoms with E-state index in [0.717, 1.165) is 44.2 Å². The van der Waals surface area contributed by atoms with Crippen LogP contribution in [0.15, 0.2) is 18.2 Å². The summed E-state index contributed by atoms with van der Waals surface area (Å²) in [5, 5.41) is 0. The van der Waals surface area contributed by atoms with Gasteiger partial charge in [0.2, 0.25) is 0 Å². The van der Waals surface area contributed by atoms with Crippen LogP contribution in [0.5, 0.6) is 11.5 Å². The fraction of sp³-hybridized carbons (Fsp3) is 0.864. The second-order valence-electron chi connectivity index (χ2n) is 14.5. The molecule has 276 valence electrons. The van der Waals surface area contributed by atoms with Crippen LogP contribution in [0.4, 0.5) is 0 Å². The van der Waals surface area contributed by atoms with Gasteiger partial charge in [-0.1, -0.05) is 176 Å². The highest BCUT2D eigenvalue weighted by atomic mass is 16.5. The van der Waals surface area contributed by atoms with Crippen molar-refractivity contribution in [3.63, 3.8) is 0 Å². The van der Waals surface area contributed by atoms with E-state index in [4.69, 9.17) is 9.47 Å². The minimum Gasteiger partial charge on any atom is -0.492 e. The molecule has 0 N–H and O–H groups in total. The highest BCUT2D eigenvalue weighted by molar-refractivity contribution is 5.38. The number of likely N-dealkylation sites (N-methyl/N-ethyl adjacent to an activating group) is 1. The Labute approximate surface area is 295 Å². The lowest BCUT2D eigenvalue weighted by Crippen LogP contribution is -2.27. The molecule has 0 aliphatic rings. The Hall–Kier alpha value is -1.22. The van der Waals surface area contributed by atoms with Crippen molar-refractivity contribution in [2.75, 3.05) is 26.2 Å². The zero-order valence-corrected chi connectivity index (χ0v) is 32.7. The number of hydrogen-bond acceptors (Lipinski definition) is 3. The molecule has 0 radical (unpaired) electrons. The summed E-state index contributed by atoms with van der Waals surface area (Å²) in [4.78, 5) is 2.44. The van der Waals surface area contributed by atoms with Gasteiger partial charge in [-0.25, -0.2) is 0 Å². The van der Waals surface area contributed by atoms with E-state index < -0.39 is 0 Å². The predicted octanol–water partition coefficient (Wildman–Crippen LogP) is 14.3. The number of benzene rings is 1. The minimum absolute atomic E-state index is 0.322. The van der Waals surface area contributed by atoms with Gasteiger partial charge in [0, 0.05) is 12.6 Å². The van der Waals surface area contributed by atoms with Crippen molar-refractivity contribution < 1.29 is 9.47 Å². The van der Waals surface area contributed by atoms with Gasteiger partial charge in [0.05, 0.1) is 6.10 Å². The first-order valence-corrected chi connectivity index (χ1v) is 21.3. The first-order valence-electron chi connectivity index (χ1n) is 21.3. The molecular formula is C44H83NO2. The summed E-state index contributed by atoms with van der Waals surface area (Å²) in [5.74, 6) is 2.04. The Morgan fingerprint density at radius 1 is 0.468 bits per heavy atom. The molecule has 0 saturated carbocycles. The van der Waals surface area contributed by atoms with Crippen LogP contribution in [-0.2, 0) is 6.42 Å². The van der Waals surface area contributed by atoms with E-state index in [2.05, 4.69) is 57.7 Å². The van der Waals surface area contributed by atoms with Gasteiger partial charge in [0.15, 0.2) is 0 Å². The number of ether oxygens (including phenoxy) is 2. The standard InChI is InChI=1S/C44H83NO2/c1-6-11-14-17-20-21-22-23-24-25-26-27-30-33-41-38-43(46-37-36-45(9-4)10-5)40-44(39-41)47-42(34-31-28-18-15-12-7-2)35-32-29-19-16-13-8-3/h38-40,42H,6-37H2,1-5H3. The predicted molar refractivity (Wildman–Crippen MR) is 210 cm³/mol. The van der Waals surface area contributed by atoms with Gasteiger partial charge in [-0.05, 0) is 69.3 Å². The van der Waals surface area contributed by atoms with Crippen molar-refractivity contribution in [1.82, 2.24) is 4.90 Å². The van der Waals surface area contributed by atoms with E-state index in [-0.39, 0.29) is 0 Å².